The van der Waals surface area contributed by atoms with Crippen molar-refractivity contribution in [1.82, 2.24) is 0 Å². The van der Waals surface area contributed by atoms with Crippen LogP contribution in [0.1, 0.15) is 12.0 Å². The van der Waals surface area contributed by atoms with Crippen molar-refractivity contribution in [2.24, 2.45) is 0 Å². The first-order chi connectivity index (χ1) is 8.24. The van der Waals surface area contributed by atoms with Crippen LogP contribution in [0.25, 0.3) is 0 Å². The van der Waals surface area contributed by atoms with Crippen LogP contribution in [0.2, 0.25) is 0 Å². The highest BCUT2D eigenvalue weighted by Crippen LogP contribution is 2.10. The number of esters is 1. The van der Waals surface area contributed by atoms with E-state index >= 15 is 0 Å². The van der Waals surface area contributed by atoms with Crippen LogP contribution in [-0.2, 0) is 14.3 Å². The van der Waals surface area contributed by atoms with Crippen LogP contribution in [0, 0.1) is 6.92 Å². The fraction of sp³-hybridized carbons (Fsp3) is 0.462. The Morgan fingerprint density at radius 1 is 1.47 bits per heavy atom. The lowest BCUT2D eigenvalue weighted by atomic mass is 10.2. The second-order valence-corrected chi connectivity index (χ2v) is 4.20. The number of anilines is 1. The van der Waals surface area contributed by atoms with Crippen LogP contribution in [-0.4, -0.2) is 31.8 Å². The van der Waals surface area contributed by atoms with E-state index in [1.807, 2.05) is 31.2 Å². The second-order valence-electron chi connectivity index (χ2n) is 4.20. The number of hydrogen-bond donors (Lipinski definition) is 1. The van der Waals surface area contributed by atoms with Gasteiger partial charge in [0.05, 0.1) is 13.2 Å². The molecule has 1 aliphatic rings. The van der Waals surface area contributed by atoms with Crippen LogP contribution in [0.15, 0.2) is 24.3 Å². The highest BCUT2D eigenvalue weighted by molar-refractivity contribution is 5.75. The third-order valence-electron chi connectivity index (χ3n) is 2.67. The second kappa shape index (κ2) is 5.68. The number of carbonyl (C=O) groups is 1. The largest absolute Gasteiger partial charge is 0.459 e. The van der Waals surface area contributed by atoms with Gasteiger partial charge in [-0.2, -0.15) is 0 Å². The number of nitrogens with one attached hydrogen (secondary N) is 1. The van der Waals surface area contributed by atoms with E-state index in [1.165, 1.54) is 5.56 Å². The zero-order chi connectivity index (χ0) is 12.1. The van der Waals surface area contributed by atoms with E-state index in [2.05, 4.69) is 5.32 Å². The Morgan fingerprint density at radius 3 is 2.88 bits per heavy atom. The lowest BCUT2D eigenvalue weighted by Gasteiger charge is -2.11. The van der Waals surface area contributed by atoms with Gasteiger partial charge in [-0.15, -0.1) is 0 Å². The Balaban J connectivity index is 1.73. The van der Waals surface area contributed by atoms with E-state index in [4.69, 9.17) is 9.47 Å². The van der Waals surface area contributed by atoms with Gasteiger partial charge < -0.3 is 14.8 Å². The molecule has 0 radical (unpaired) electrons. The Bertz CT molecular complexity index is 369. The highest BCUT2D eigenvalue weighted by atomic mass is 16.6. The molecular weight excluding hydrogens is 218 g/mol. The van der Waals surface area contributed by atoms with Gasteiger partial charge in [0.25, 0.3) is 0 Å². The van der Waals surface area contributed by atoms with Crippen molar-refractivity contribution in [1.29, 1.82) is 0 Å². The van der Waals surface area contributed by atoms with E-state index in [0.717, 1.165) is 12.1 Å². The number of ether oxygens (including phenoxy) is 2. The molecule has 1 saturated heterocycles. The summed E-state index contributed by atoms with van der Waals surface area (Å²) in [6, 6.07) is 7.89. The maximum atomic E-state index is 11.5. The number of carbonyl (C=O) groups excluding carboxylic acids is 1. The van der Waals surface area contributed by atoms with Gasteiger partial charge in [-0.1, -0.05) is 17.7 Å². The summed E-state index contributed by atoms with van der Waals surface area (Å²) in [4.78, 5) is 11.5. The number of rotatable bonds is 4. The van der Waals surface area contributed by atoms with Crippen LogP contribution < -0.4 is 5.32 Å². The molecular formula is C13H17NO3. The van der Waals surface area contributed by atoms with Gasteiger partial charge in [0.15, 0.2) is 0 Å². The van der Waals surface area contributed by atoms with Crippen molar-refractivity contribution in [3.63, 3.8) is 0 Å². The third-order valence-corrected chi connectivity index (χ3v) is 2.67. The Kier molecular flexibility index (Phi) is 3.98. The summed E-state index contributed by atoms with van der Waals surface area (Å²) < 4.78 is 10.4. The van der Waals surface area contributed by atoms with Crippen molar-refractivity contribution < 1.29 is 14.3 Å². The minimum absolute atomic E-state index is 0.0673. The summed E-state index contributed by atoms with van der Waals surface area (Å²) in [5, 5.41) is 3.03. The van der Waals surface area contributed by atoms with Gasteiger partial charge in [0, 0.05) is 12.1 Å². The lowest BCUT2D eigenvalue weighted by molar-refractivity contribution is -0.146. The predicted octanol–water partition coefficient (Wildman–Crippen LogP) is 1.74. The lowest BCUT2D eigenvalue weighted by Crippen LogP contribution is -2.23. The first-order valence-electron chi connectivity index (χ1n) is 5.82. The molecule has 1 atom stereocenters. The molecule has 2 rings (SSSR count). The normalized spacial score (nSPS) is 19.0. The molecule has 1 aromatic rings. The van der Waals surface area contributed by atoms with E-state index in [1.54, 1.807) is 0 Å². The smallest absolute Gasteiger partial charge is 0.325 e. The van der Waals surface area contributed by atoms with Gasteiger partial charge in [0.2, 0.25) is 0 Å². The number of benzene rings is 1. The molecule has 0 bridgehead atoms. The standard InChI is InChI=1S/C13H17NO3/c1-10-2-4-11(5-3-10)14-8-13(15)17-12-6-7-16-9-12/h2-5,12,14H,6-9H2,1H3. The number of aryl methyl sites for hydroxylation is 1. The van der Waals surface area contributed by atoms with Crippen molar-refractivity contribution in [2.75, 3.05) is 25.1 Å². The summed E-state index contributed by atoms with van der Waals surface area (Å²) in [6.45, 7) is 3.43. The molecule has 0 spiro atoms. The maximum absolute atomic E-state index is 11.5. The summed E-state index contributed by atoms with van der Waals surface area (Å²) >= 11 is 0. The van der Waals surface area contributed by atoms with Gasteiger partial charge >= 0.3 is 5.97 Å². The zero-order valence-corrected chi connectivity index (χ0v) is 9.94. The minimum Gasteiger partial charge on any atom is -0.459 e. The first-order valence-corrected chi connectivity index (χ1v) is 5.82. The van der Waals surface area contributed by atoms with Gasteiger partial charge in [-0.3, -0.25) is 4.79 Å². The highest BCUT2D eigenvalue weighted by Gasteiger charge is 2.19. The van der Waals surface area contributed by atoms with E-state index in [-0.39, 0.29) is 18.6 Å². The van der Waals surface area contributed by atoms with E-state index < -0.39 is 0 Å². The molecule has 0 aromatic heterocycles. The molecule has 0 saturated carbocycles. The van der Waals surface area contributed by atoms with Gasteiger partial charge in [0.1, 0.15) is 12.6 Å². The molecule has 1 heterocycles. The molecule has 1 aromatic carbocycles. The Morgan fingerprint density at radius 2 is 2.24 bits per heavy atom. The average Bonchev–Trinajstić information content (AvgIpc) is 2.81. The molecule has 1 fully saturated rings. The van der Waals surface area contributed by atoms with Crippen molar-refractivity contribution >= 4 is 11.7 Å². The van der Waals surface area contributed by atoms with Gasteiger partial charge in [-0.25, -0.2) is 0 Å². The van der Waals surface area contributed by atoms with Crippen molar-refractivity contribution in [3.05, 3.63) is 29.8 Å². The molecule has 1 N–H and O–H groups in total. The van der Waals surface area contributed by atoms with Gasteiger partial charge in [-0.05, 0) is 19.1 Å². The Hall–Kier alpha value is -1.55. The predicted molar refractivity (Wildman–Crippen MR) is 65.0 cm³/mol. The summed E-state index contributed by atoms with van der Waals surface area (Å²) in [5.41, 5.74) is 2.12. The summed E-state index contributed by atoms with van der Waals surface area (Å²) in [7, 11) is 0. The molecule has 92 valence electrons. The third kappa shape index (κ3) is 3.75. The minimum atomic E-state index is -0.235. The molecule has 4 heteroatoms. The van der Waals surface area contributed by atoms with Crippen LogP contribution in [0.3, 0.4) is 0 Å². The first kappa shape index (κ1) is 11.9. The zero-order valence-electron chi connectivity index (χ0n) is 9.94. The molecule has 17 heavy (non-hydrogen) atoms. The molecule has 1 unspecified atom stereocenters. The van der Waals surface area contributed by atoms with Crippen LogP contribution in [0.4, 0.5) is 5.69 Å². The molecule has 4 nitrogen and oxygen atoms in total. The average molecular weight is 235 g/mol. The van der Waals surface area contributed by atoms with Crippen LogP contribution >= 0.6 is 0 Å². The SMILES string of the molecule is Cc1ccc(NCC(=O)OC2CCOC2)cc1. The van der Waals surface area contributed by atoms with Crippen LogP contribution in [0.5, 0.6) is 0 Å². The maximum Gasteiger partial charge on any atom is 0.325 e. The molecule has 1 aliphatic heterocycles. The Labute approximate surface area is 101 Å². The topological polar surface area (TPSA) is 47.6 Å². The van der Waals surface area contributed by atoms with Crippen molar-refractivity contribution in [2.45, 2.75) is 19.4 Å². The van der Waals surface area contributed by atoms with Crippen molar-refractivity contribution in [3.8, 4) is 0 Å². The number of hydrogen-bond acceptors (Lipinski definition) is 4. The molecule has 0 amide bonds. The summed E-state index contributed by atoms with van der Waals surface area (Å²) in [5.74, 6) is -0.235. The monoisotopic (exact) mass is 235 g/mol. The fourth-order valence-corrected chi connectivity index (χ4v) is 1.68. The van der Waals surface area contributed by atoms with E-state index in [9.17, 15) is 4.79 Å². The van der Waals surface area contributed by atoms with E-state index in [0.29, 0.717) is 13.2 Å². The summed E-state index contributed by atoms with van der Waals surface area (Å²) in [6.07, 6.45) is 0.735. The quantitative estimate of drug-likeness (QED) is 0.807. The molecule has 0 aliphatic carbocycles. The fourth-order valence-electron chi connectivity index (χ4n) is 1.68.